The molecule has 0 aromatic heterocycles. The van der Waals surface area contributed by atoms with Gasteiger partial charge in [-0.25, -0.2) is 0 Å². The molecular weight excluding hydrogens is 188 g/mol. The van der Waals surface area contributed by atoms with Gasteiger partial charge in [0.2, 0.25) is 0 Å². The van der Waals surface area contributed by atoms with Crippen molar-refractivity contribution >= 4 is 0 Å². The maximum Gasteiger partial charge on any atom is 0.290 e. The Kier molecular flexibility index (Phi) is 4.23. The first-order valence-electron chi connectivity index (χ1n) is 4.66. The van der Waals surface area contributed by atoms with E-state index in [0.29, 0.717) is 17.5 Å². The van der Waals surface area contributed by atoms with Crippen molar-refractivity contribution in [3.8, 4) is 0 Å². The predicted molar refractivity (Wildman–Crippen MR) is 61.6 cm³/mol. The molecule has 1 aliphatic rings. The van der Waals surface area contributed by atoms with Gasteiger partial charge < -0.3 is 9.47 Å². The van der Waals surface area contributed by atoms with Gasteiger partial charge in [-0.1, -0.05) is 37.5 Å². The summed E-state index contributed by atoms with van der Waals surface area (Å²) in [4.78, 5) is 0. The van der Waals surface area contributed by atoms with Gasteiger partial charge in [-0.15, -0.1) is 0 Å². The standard InChI is InChI=1S/C13H14O2/c1-4-7-8-10-13-14-11(6-3)12(15-13)9-5-2/h4-10H,1,3H2,2H3/b8-7-,9-5-,13-10-. The van der Waals surface area contributed by atoms with E-state index in [1.54, 1.807) is 30.4 Å². The quantitative estimate of drug-likeness (QED) is 0.648. The Morgan fingerprint density at radius 3 is 2.40 bits per heavy atom. The van der Waals surface area contributed by atoms with Gasteiger partial charge in [-0.2, -0.15) is 0 Å². The summed E-state index contributed by atoms with van der Waals surface area (Å²) in [5.74, 6) is 1.74. The molecule has 0 fully saturated rings. The van der Waals surface area contributed by atoms with Crippen molar-refractivity contribution in [3.05, 3.63) is 73.2 Å². The fourth-order valence-electron chi connectivity index (χ4n) is 1.03. The molecule has 0 atom stereocenters. The van der Waals surface area contributed by atoms with Crippen molar-refractivity contribution in [3.63, 3.8) is 0 Å². The lowest BCUT2D eigenvalue weighted by Crippen LogP contribution is -1.81. The average molecular weight is 202 g/mol. The van der Waals surface area contributed by atoms with E-state index in [2.05, 4.69) is 13.2 Å². The topological polar surface area (TPSA) is 18.5 Å². The van der Waals surface area contributed by atoms with Gasteiger partial charge in [0, 0.05) is 6.08 Å². The molecule has 1 heterocycles. The molecule has 78 valence electrons. The number of hydrogen-bond acceptors (Lipinski definition) is 2. The van der Waals surface area contributed by atoms with E-state index in [1.807, 2.05) is 19.1 Å². The van der Waals surface area contributed by atoms with Crippen LogP contribution in [-0.4, -0.2) is 0 Å². The lowest BCUT2D eigenvalue weighted by molar-refractivity contribution is 0.185. The third kappa shape index (κ3) is 3.02. The minimum atomic E-state index is 0.441. The highest BCUT2D eigenvalue weighted by Gasteiger charge is 2.17. The number of allylic oxidation sites excluding steroid dienone is 7. The van der Waals surface area contributed by atoms with Crippen LogP contribution in [0.3, 0.4) is 0 Å². The molecule has 1 rings (SSSR count). The molecule has 15 heavy (non-hydrogen) atoms. The summed E-state index contributed by atoms with van der Waals surface area (Å²) in [5.41, 5.74) is 0. The maximum atomic E-state index is 5.43. The zero-order valence-electron chi connectivity index (χ0n) is 8.77. The highest BCUT2D eigenvalue weighted by Crippen LogP contribution is 2.26. The Morgan fingerprint density at radius 1 is 1.07 bits per heavy atom. The van der Waals surface area contributed by atoms with E-state index in [-0.39, 0.29) is 0 Å². The van der Waals surface area contributed by atoms with Crippen LogP contribution < -0.4 is 0 Å². The summed E-state index contributed by atoms with van der Waals surface area (Å²) < 4.78 is 10.8. The van der Waals surface area contributed by atoms with Gasteiger partial charge in [0.1, 0.15) is 0 Å². The Balaban J connectivity index is 2.76. The molecule has 0 N–H and O–H groups in total. The molecule has 0 spiro atoms. The minimum Gasteiger partial charge on any atom is -0.422 e. The Bertz CT molecular complexity index is 368. The molecule has 1 aliphatic heterocycles. The van der Waals surface area contributed by atoms with Gasteiger partial charge in [-0.3, -0.25) is 0 Å². The smallest absolute Gasteiger partial charge is 0.290 e. The molecule has 0 bridgehead atoms. The van der Waals surface area contributed by atoms with Gasteiger partial charge >= 0.3 is 0 Å². The van der Waals surface area contributed by atoms with Crippen molar-refractivity contribution < 1.29 is 9.47 Å². The molecule has 2 nitrogen and oxygen atoms in total. The molecule has 2 heteroatoms. The third-order valence-electron chi connectivity index (χ3n) is 1.65. The fraction of sp³-hybridized carbons (Fsp3) is 0.0769. The zero-order chi connectivity index (χ0) is 11.1. The number of rotatable bonds is 4. The van der Waals surface area contributed by atoms with E-state index in [9.17, 15) is 0 Å². The van der Waals surface area contributed by atoms with Crippen LogP contribution in [0.15, 0.2) is 73.2 Å². The molecular formula is C13H14O2. The normalized spacial score (nSPS) is 18.6. The molecule has 0 saturated carbocycles. The summed E-state index contributed by atoms with van der Waals surface area (Å²) in [5, 5.41) is 0. The van der Waals surface area contributed by atoms with Crippen molar-refractivity contribution in [1.82, 2.24) is 0 Å². The first-order valence-corrected chi connectivity index (χ1v) is 4.66. The number of hydrogen-bond donors (Lipinski definition) is 0. The second-order valence-electron chi connectivity index (χ2n) is 2.74. The van der Waals surface area contributed by atoms with E-state index in [4.69, 9.17) is 9.47 Å². The lowest BCUT2D eigenvalue weighted by atomic mass is 10.3. The second kappa shape index (κ2) is 5.70. The van der Waals surface area contributed by atoms with Crippen molar-refractivity contribution in [2.45, 2.75) is 6.92 Å². The molecule has 0 radical (unpaired) electrons. The van der Waals surface area contributed by atoms with E-state index < -0.39 is 0 Å². The highest BCUT2D eigenvalue weighted by atomic mass is 16.7. The van der Waals surface area contributed by atoms with Crippen LogP contribution in [0.4, 0.5) is 0 Å². The monoisotopic (exact) mass is 202 g/mol. The lowest BCUT2D eigenvalue weighted by Gasteiger charge is -1.95. The molecule has 0 saturated heterocycles. The first-order chi connectivity index (χ1) is 7.31. The van der Waals surface area contributed by atoms with Gasteiger partial charge in [0.25, 0.3) is 5.95 Å². The maximum absolute atomic E-state index is 5.43. The number of ether oxygens (including phenoxy) is 2. The summed E-state index contributed by atoms with van der Waals surface area (Å²) in [7, 11) is 0. The van der Waals surface area contributed by atoms with Crippen molar-refractivity contribution in [2.24, 2.45) is 0 Å². The van der Waals surface area contributed by atoms with Gasteiger partial charge in [-0.05, 0) is 19.1 Å². The molecule has 0 aromatic rings. The SMILES string of the molecule is C=C/C=C\C=C1\OC(C=C)=C(/C=C\C)O1. The van der Waals surface area contributed by atoms with Crippen molar-refractivity contribution in [1.29, 1.82) is 0 Å². The van der Waals surface area contributed by atoms with E-state index in [0.717, 1.165) is 0 Å². The summed E-state index contributed by atoms with van der Waals surface area (Å²) in [6, 6.07) is 0. The zero-order valence-corrected chi connectivity index (χ0v) is 8.77. The van der Waals surface area contributed by atoms with Crippen LogP contribution in [0, 0.1) is 0 Å². The van der Waals surface area contributed by atoms with Crippen LogP contribution in [0.25, 0.3) is 0 Å². The molecule has 0 aliphatic carbocycles. The summed E-state index contributed by atoms with van der Waals surface area (Å²) in [6.07, 6.45) is 12.3. The van der Waals surface area contributed by atoms with Crippen LogP contribution >= 0.6 is 0 Å². The minimum absolute atomic E-state index is 0.441. The summed E-state index contributed by atoms with van der Waals surface area (Å²) >= 11 is 0. The van der Waals surface area contributed by atoms with Gasteiger partial charge in [0.05, 0.1) is 0 Å². The van der Waals surface area contributed by atoms with Crippen LogP contribution in [0.5, 0.6) is 0 Å². The third-order valence-corrected chi connectivity index (χ3v) is 1.65. The highest BCUT2D eigenvalue weighted by molar-refractivity contribution is 5.29. The summed E-state index contributed by atoms with van der Waals surface area (Å²) in [6.45, 7) is 9.13. The van der Waals surface area contributed by atoms with E-state index in [1.165, 1.54) is 0 Å². The molecule has 0 amide bonds. The Morgan fingerprint density at radius 2 is 1.80 bits per heavy atom. The first kappa shape index (κ1) is 11.1. The Labute approximate surface area is 90.2 Å². The molecule has 0 unspecified atom stereocenters. The van der Waals surface area contributed by atoms with Crippen LogP contribution in [0.2, 0.25) is 0 Å². The van der Waals surface area contributed by atoms with Crippen LogP contribution in [-0.2, 0) is 9.47 Å². The van der Waals surface area contributed by atoms with Crippen molar-refractivity contribution in [2.75, 3.05) is 0 Å². The fourth-order valence-corrected chi connectivity index (χ4v) is 1.03. The van der Waals surface area contributed by atoms with Crippen LogP contribution in [0.1, 0.15) is 6.92 Å². The second-order valence-corrected chi connectivity index (χ2v) is 2.74. The largest absolute Gasteiger partial charge is 0.422 e. The Hall–Kier alpha value is -1.96. The predicted octanol–water partition coefficient (Wildman–Crippen LogP) is 3.59. The average Bonchev–Trinajstić information content (AvgIpc) is 2.62. The van der Waals surface area contributed by atoms with Gasteiger partial charge in [0.15, 0.2) is 11.5 Å². The molecule has 0 aromatic carbocycles. The van der Waals surface area contributed by atoms with E-state index >= 15 is 0 Å².